The highest BCUT2D eigenvalue weighted by Gasteiger charge is 2.03. The Morgan fingerprint density at radius 3 is 2.56 bits per heavy atom. The van der Waals surface area contributed by atoms with Crippen LogP contribution in [0.15, 0.2) is 24.3 Å². The first-order valence-electron chi connectivity index (χ1n) is 5.49. The van der Waals surface area contributed by atoms with Crippen molar-refractivity contribution >= 4 is 11.7 Å². The number of nitrogens with two attached hydrogens (primary N) is 1. The first kappa shape index (κ1) is 12.5. The third kappa shape index (κ3) is 4.31. The molecule has 0 aliphatic carbocycles. The summed E-state index contributed by atoms with van der Waals surface area (Å²) in [4.78, 5) is 11.4. The van der Waals surface area contributed by atoms with Crippen LogP contribution in [0, 0.1) is 6.92 Å². The number of hydrogen-bond acceptors (Lipinski definition) is 2. The first-order valence-corrected chi connectivity index (χ1v) is 5.49. The molecule has 0 bridgehead atoms. The number of nitrogens with one attached hydrogen (secondary N) is 2. The van der Waals surface area contributed by atoms with E-state index in [0.29, 0.717) is 6.54 Å². The zero-order valence-electron chi connectivity index (χ0n) is 9.79. The summed E-state index contributed by atoms with van der Waals surface area (Å²) < 4.78 is 0. The summed E-state index contributed by atoms with van der Waals surface area (Å²) in [6, 6.07) is 7.45. The van der Waals surface area contributed by atoms with Gasteiger partial charge >= 0.3 is 6.03 Å². The molecule has 0 radical (unpaired) electrons. The number of aryl methyl sites for hydroxylation is 1. The van der Waals surface area contributed by atoms with Gasteiger partial charge in [-0.1, -0.05) is 24.6 Å². The second-order valence-electron chi connectivity index (χ2n) is 3.87. The van der Waals surface area contributed by atoms with Gasteiger partial charge in [-0.3, -0.25) is 0 Å². The van der Waals surface area contributed by atoms with Crippen LogP contribution in [-0.2, 0) is 0 Å². The van der Waals surface area contributed by atoms with Crippen LogP contribution in [-0.4, -0.2) is 18.6 Å². The van der Waals surface area contributed by atoms with Gasteiger partial charge in [0.25, 0.3) is 0 Å². The maximum Gasteiger partial charge on any atom is 0.319 e. The Morgan fingerprint density at radius 1 is 1.38 bits per heavy atom. The molecule has 0 saturated heterocycles. The van der Waals surface area contributed by atoms with E-state index in [9.17, 15) is 4.79 Å². The fourth-order valence-corrected chi connectivity index (χ4v) is 1.18. The quantitative estimate of drug-likeness (QED) is 0.726. The molecule has 1 unspecified atom stereocenters. The van der Waals surface area contributed by atoms with Crippen molar-refractivity contribution in [3.05, 3.63) is 29.8 Å². The highest BCUT2D eigenvalue weighted by atomic mass is 16.2. The number of hydrogen-bond donors (Lipinski definition) is 3. The van der Waals surface area contributed by atoms with Crippen LogP contribution >= 0.6 is 0 Å². The molecule has 0 heterocycles. The largest absolute Gasteiger partial charge is 0.336 e. The van der Waals surface area contributed by atoms with Crippen LogP contribution in [0.1, 0.15) is 18.9 Å². The van der Waals surface area contributed by atoms with E-state index in [1.165, 1.54) is 5.56 Å². The Bertz CT molecular complexity index is 335. The van der Waals surface area contributed by atoms with E-state index in [2.05, 4.69) is 10.6 Å². The molecule has 4 N–H and O–H groups in total. The van der Waals surface area contributed by atoms with E-state index >= 15 is 0 Å². The molecule has 2 amide bonds. The minimum atomic E-state index is -0.215. The Morgan fingerprint density at radius 2 is 2.00 bits per heavy atom. The minimum absolute atomic E-state index is 0.0174. The van der Waals surface area contributed by atoms with Crippen LogP contribution in [0.2, 0.25) is 0 Å². The molecule has 88 valence electrons. The Kier molecular flexibility index (Phi) is 4.79. The van der Waals surface area contributed by atoms with Crippen LogP contribution in [0.5, 0.6) is 0 Å². The monoisotopic (exact) mass is 221 g/mol. The third-order valence-corrected chi connectivity index (χ3v) is 2.36. The van der Waals surface area contributed by atoms with Crippen molar-refractivity contribution in [3.8, 4) is 0 Å². The number of urea groups is 1. The molecule has 4 heteroatoms. The average molecular weight is 221 g/mol. The van der Waals surface area contributed by atoms with Gasteiger partial charge in [-0.2, -0.15) is 0 Å². The molecule has 0 aliphatic heterocycles. The Balaban J connectivity index is 2.37. The summed E-state index contributed by atoms with van der Waals surface area (Å²) in [5, 5.41) is 5.46. The maximum atomic E-state index is 11.4. The molecule has 1 rings (SSSR count). The molecule has 0 aliphatic rings. The smallest absolute Gasteiger partial charge is 0.319 e. The summed E-state index contributed by atoms with van der Waals surface area (Å²) in [6.07, 6.45) is 0.852. The lowest BCUT2D eigenvalue weighted by atomic mass is 10.2. The van der Waals surface area contributed by atoms with Gasteiger partial charge in [-0.25, -0.2) is 4.79 Å². The lowest BCUT2D eigenvalue weighted by Gasteiger charge is -2.11. The average Bonchev–Trinajstić information content (AvgIpc) is 2.29. The van der Waals surface area contributed by atoms with Crippen molar-refractivity contribution in [2.24, 2.45) is 5.73 Å². The molecule has 0 saturated carbocycles. The van der Waals surface area contributed by atoms with Crippen LogP contribution in [0.4, 0.5) is 10.5 Å². The minimum Gasteiger partial charge on any atom is -0.336 e. The fraction of sp³-hybridized carbons (Fsp3) is 0.417. The molecular weight excluding hydrogens is 202 g/mol. The van der Waals surface area contributed by atoms with Gasteiger partial charge in [0.1, 0.15) is 0 Å². The van der Waals surface area contributed by atoms with E-state index in [4.69, 9.17) is 5.73 Å². The fourth-order valence-electron chi connectivity index (χ4n) is 1.18. The molecular formula is C12H19N3O. The van der Waals surface area contributed by atoms with Gasteiger partial charge in [0, 0.05) is 18.3 Å². The van der Waals surface area contributed by atoms with Crippen LogP contribution < -0.4 is 16.4 Å². The molecule has 1 atom stereocenters. The number of amides is 2. The Hall–Kier alpha value is -1.55. The molecule has 1 aromatic rings. The highest BCUT2D eigenvalue weighted by molar-refractivity contribution is 5.89. The van der Waals surface area contributed by atoms with E-state index in [0.717, 1.165) is 12.1 Å². The Labute approximate surface area is 96.2 Å². The highest BCUT2D eigenvalue weighted by Crippen LogP contribution is 2.07. The van der Waals surface area contributed by atoms with Crippen molar-refractivity contribution in [1.29, 1.82) is 0 Å². The van der Waals surface area contributed by atoms with E-state index in [1.807, 2.05) is 38.1 Å². The zero-order valence-corrected chi connectivity index (χ0v) is 9.79. The summed E-state index contributed by atoms with van der Waals surface area (Å²) in [7, 11) is 0. The van der Waals surface area contributed by atoms with E-state index in [1.54, 1.807) is 0 Å². The molecule has 4 nitrogen and oxygen atoms in total. The summed E-state index contributed by atoms with van der Waals surface area (Å²) in [5.74, 6) is 0. The SMILES string of the molecule is CCC(N)CNC(=O)Nc1ccc(C)cc1. The summed E-state index contributed by atoms with van der Waals surface area (Å²) in [6.45, 7) is 4.49. The number of carbonyl (C=O) groups excluding carboxylic acids is 1. The zero-order chi connectivity index (χ0) is 12.0. The second-order valence-corrected chi connectivity index (χ2v) is 3.87. The van der Waals surface area contributed by atoms with Gasteiger partial charge in [0.2, 0.25) is 0 Å². The van der Waals surface area contributed by atoms with Crippen molar-refractivity contribution in [1.82, 2.24) is 5.32 Å². The normalized spacial score (nSPS) is 11.9. The topological polar surface area (TPSA) is 67.1 Å². The van der Waals surface area contributed by atoms with Gasteiger partial charge in [-0.15, -0.1) is 0 Å². The van der Waals surface area contributed by atoms with Crippen molar-refractivity contribution in [2.45, 2.75) is 26.3 Å². The standard InChI is InChI=1S/C12H19N3O/c1-3-10(13)8-14-12(16)15-11-6-4-9(2)5-7-11/h4-7,10H,3,8,13H2,1-2H3,(H2,14,15,16). The number of rotatable bonds is 4. The van der Waals surface area contributed by atoms with Gasteiger partial charge in [0.05, 0.1) is 0 Å². The van der Waals surface area contributed by atoms with Crippen LogP contribution in [0.25, 0.3) is 0 Å². The van der Waals surface area contributed by atoms with Crippen molar-refractivity contribution in [2.75, 3.05) is 11.9 Å². The van der Waals surface area contributed by atoms with Crippen LogP contribution in [0.3, 0.4) is 0 Å². The summed E-state index contributed by atoms with van der Waals surface area (Å²) in [5.41, 5.74) is 7.64. The van der Waals surface area contributed by atoms with Crippen molar-refractivity contribution in [3.63, 3.8) is 0 Å². The predicted molar refractivity (Wildman–Crippen MR) is 66.5 cm³/mol. The molecule has 0 spiro atoms. The number of anilines is 1. The van der Waals surface area contributed by atoms with Gasteiger partial charge < -0.3 is 16.4 Å². The number of carbonyl (C=O) groups is 1. The number of benzene rings is 1. The van der Waals surface area contributed by atoms with Crippen molar-refractivity contribution < 1.29 is 4.79 Å². The van der Waals surface area contributed by atoms with E-state index < -0.39 is 0 Å². The maximum absolute atomic E-state index is 11.4. The van der Waals surface area contributed by atoms with Gasteiger partial charge in [-0.05, 0) is 25.5 Å². The predicted octanol–water partition coefficient (Wildman–Crippen LogP) is 1.85. The first-order chi connectivity index (χ1) is 7.61. The molecule has 1 aromatic carbocycles. The summed E-state index contributed by atoms with van der Waals surface area (Å²) >= 11 is 0. The second kappa shape index (κ2) is 6.12. The molecule has 16 heavy (non-hydrogen) atoms. The lowest BCUT2D eigenvalue weighted by Crippen LogP contribution is -2.38. The molecule has 0 aromatic heterocycles. The lowest BCUT2D eigenvalue weighted by molar-refractivity contribution is 0.251. The third-order valence-electron chi connectivity index (χ3n) is 2.36. The molecule has 0 fully saturated rings. The van der Waals surface area contributed by atoms with Gasteiger partial charge in [0.15, 0.2) is 0 Å². The van der Waals surface area contributed by atoms with E-state index in [-0.39, 0.29) is 12.1 Å².